The quantitative estimate of drug-likeness (QED) is 0.872. The molecular weight excluding hydrogens is 308 g/mol. The first-order chi connectivity index (χ1) is 11.7. The molecule has 24 heavy (non-hydrogen) atoms. The SMILES string of the molecule is COc1ccc([C@H]2[C@@H](N)C(=O)N2c2ccc3c(c2)OCCO3)cc1. The van der Waals surface area contributed by atoms with E-state index in [1.165, 1.54) is 0 Å². The topological polar surface area (TPSA) is 74.0 Å². The number of rotatable bonds is 3. The van der Waals surface area contributed by atoms with Crippen molar-refractivity contribution in [3.8, 4) is 17.2 Å². The number of amides is 1. The van der Waals surface area contributed by atoms with Crippen LogP contribution in [0, 0.1) is 0 Å². The van der Waals surface area contributed by atoms with E-state index in [4.69, 9.17) is 19.9 Å². The minimum Gasteiger partial charge on any atom is -0.497 e. The predicted molar refractivity (Wildman–Crippen MR) is 88.6 cm³/mol. The monoisotopic (exact) mass is 326 g/mol. The molecule has 0 unspecified atom stereocenters. The standard InChI is InChI=1S/C18H18N2O4/c1-22-13-5-2-11(3-6-13)17-16(19)18(21)20(17)12-4-7-14-15(10-12)24-9-8-23-14/h2-7,10,16-17H,8-9,19H2,1H3/t16-,17+/m1/s1. The van der Waals surface area contributed by atoms with Crippen molar-refractivity contribution in [2.45, 2.75) is 12.1 Å². The number of methoxy groups -OCH3 is 1. The van der Waals surface area contributed by atoms with E-state index in [1.54, 1.807) is 12.0 Å². The largest absolute Gasteiger partial charge is 0.497 e. The summed E-state index contributed by atoms with van der Waals surface area (Å²) in [6, 6.07) is 12.4. The van der Waals surface area contributed by atoms with Crippen LogP contribution < -0.4 is 24.8 Å². The van der Waals surface area contributed by atoms with E-state index in [9.17, 15) is 4.79 Å². The summed E-state index contributed by atoms with van der Waals surface area (Å²) < 4.78 is 16.3. The van der Waals surface area contributed by atoms with Gasteiger partial charge in [-0.2, -0.15) is 0 Å². The van der Waals surface area contributed by atoms with Crippen molar-refractivity contribution in [2.24, 2.45) is 5.73 Å². The molecule has 0 saturated carbocycles. The van der Waals surface area contributed by atoms with Gasteiger partial charge in [-0.25, -0.2) is 0 Å². The van der Waals surface area contributed by atoms with Crippen LogP contribution in [0.15, 0.2) is 42.5 Å². The highest BCUT2D eigenvalue weighted by Gasteiger charge is 2.46. The summed E-state index contributed by atoms with van der Waals surface area (Å²) in [4.78, 5) is 14.0. The lowest BCUT2D eigenvalue weighted by molar-refractivity contribution is -0.126. The van der Waals surface area contributed by atoms with Gasteiger partial charge in [-0.1, -0.05) is 12.1 Å². The Morgan fingerprint density at radius 1 is 1.08 bits per heavy atom. The number of ether oxygens (including phenoxy) is 3. The molecule has 0 aromatic heterocycles. The molecule has 6 heteroatoms. The zero-order valence-corrected chi connectivity index (χ0v) is 13.3. The van der Waals surface area contributed by atoms with Gasteiger partial charge in [0.25, 0.3) is 0 Å². The number of fused-ring (bicyclic) bond motifs is 1. The van der Waals surface area contributed by atoms with Gasteiger partial charge in [-0.3, -0.25) is 4.79 Å². The number of carbonyl (C=O) groups is 1. The summed E-state index contributed by atoms with van der Waals surface area (Å²) in [5.41, 5.74) is 7.78. The number of hydrogen-bond acceptors (Lipinski definition) is 5. The van der Waals surface area contributed by atoms with Gasteiger partial charge < -0.3 is 24.8 Å². The fourth-order valence-electron chi connectivity index (χ4n) is 3.14. The van der Waals surface area contributed by atoms with Crippen molar-refractivity contribution in [1.82, 2.24) is 0 Å². The fraction of sp³-hybridized carbons (Fsp3) is 0.278. The maximum absolute atomic E-state index is 12.3. The first-order valence-corrected chi connectivity index (χ1v) is 7.81. The molecule has 0 bridgehead atoms. The van der Waals surface area contributed by atoms with Crippen LogP contribution in [0.4, 0.5) is 5.69 Å². The summed E-state index contributed by atoms with van der Waals surface area (Å²) in [5.74, 6) is 2.01. The van der Waals surface area contributed by atoms with E-state index in [0.717, 1.165) is 17.0 Å². The molecule has 2 aliphatic rings. The molecule has 2 atom stereocenters. The van der Waals surface area contributed by atoms with Crippen molar-refractivity contribution in [1.29, 1.82) is 0 Å². The molecular formula is C18H18N2O4. The highest BCUT2D eigenvalue weighted by molar-refractivity contribution is 6.05. The second-order valence-corrected chi connectivity index (χ2v) is 5.78. The van der Waals surface area contributed by atoms with Crippen LogP contribution in [0.1, 0.15) is 11.6 Å². The van der Waals surface area contributed by atoms with Gasteiger partial charge in [0.2, 0.25) is 5.91 Å². The Hall–Kier alpha value is -2.73. The zero-order valence-electron chi connectivity index (χ0n) is 13.3. The van der Waals surface area contributed by atoms with Gasteiger partial charge in [-0.15, -0.1) is 0 Å². The lowest BCUT2D eigenvalue weighted by atomic mass is 9.88. The highest BCUT2D eigenvalue weighted by Crippen LogP contribution is 2.42. The molecule has 1 fully saturated rings. The molecule has 2 aliphatic heterocycles. The van der Waals surface area contributed by atoms with Crippen LogP contribution in [-0.4, -0.2) is 32.3 Å². The van der Waals surface area contributed by atoms with Crippen LogP contribution in [0.3, 0.4) is 0 Å². The predicted octanol–water partition coefficient (Wildman–Crippen LogP) is 1.88. The van der Waals surface area contributed by atoms with Gasteiger partial charge in [0.15, 0.2) is 11.5 Å². The van der Waals surface area contributed by atoms with E-state index >= 15 is 0 Å². The number of anilines is 1. The summed E-state index contributed by atoms with van der Waals surface area (Å²) in [6.45, 7) is 1.04. The molecule has 2 heterocycles. The smallest absolute Gasteiger partial charge is 0.247 e. The Morgan fingerprint density at radius 3 is 2.50 bits per heavy atom. The second kappa shape index (κ2) is 5.72. The second-order valence-electron chi connectivity index (χ2n) is 5.78. The summed E-state index contributed by atoms with van der Waals surface area (Å²) in [5, 5.41) is 0. The van der Waals surface area contributed by atoms with E-state index in [2.05, 4.69) is 0 Å². The number of β-lactam (4-membered cyclic amide) rings is 1. The summed E-state index contributed by atoms with van der Waals surface area (Å²) in [7, 11) is 1.62. The lowest BCUT2D eigenvalue weighted by Crippen LogP contribution is -2.63. The van der Waals surface area contributed by atoms with E-state index in [0.29, 0.717) is 24.7 Å². The maximum Gasteiger partial charge on any atom is 0.247 e. The van der Waals surface area contributed by atoms with Crippen LogP contribution in [0.25, 0.3) is 0 Å². The number of nitrogens with zero attached hydrogens (tertiary/aromatic N) is 1. The normalized spacial score (nSPS) is 22.1. The zero-order chi connectivity index (χ0) is 16.7. The van der Waals surface area contributed by atoms with Gasteiger partial charge >= 0.3 is 0 Å². The summed E-state index contributed by atoms with van der Waals surface area (Å²) >= 11 is 0. The molecule has 0 spiro atoms. The van der Waals surface area contributed by atoms with Crippen molar-refractivity contribution in [3.05, 3.63) is 48.0 Å². The van der Waals surface area contributed by atoms with Crippen LogP contribution in [0.5, 0.6) is 17.2 Å². The molecule has 6 nitrogen and oxygen atoms in total. The number of carbonyl (C=O) groups excluding carboxylic acids is 1. The Morgan fingerprint density at radius 2 is 1.79 bits per heavy atom. The molecule has 1 amide bonds. The minimum atomic E-state index is -0.549. The molecule has 124 valence electrons. The number of hydrogen-bond donors (Lipinski definition) is 1. The third-order valence-corrected chi connectivity index (χ3v) is 4.40. The number of nitrogens with two attached hydrogens (primary N) is 1. The molecule has 0 aliphatic carbocycles. The Labute approximate surface area is 139 Å². The van der Waals surface area contributed by atoms with E-state index in [-0.39, 0.29) is 11.9 Å². The molecule has 1 saturated heterocycles. The van der Waals surface area contributed by atoms with E-state index in [1.807, 2.05) is 42.5 Å². The van der Waals surface area contributed by atoms with Gasteiger partial charge in [-0.05, 0) is 29.8 Å². The molecule has 4 rings (SSSR count). The van der Waals surface area contributed by atoms with Crippen molar-refractivity contribution in [2.75, 3.05) is 25.2 Å². The summed E-state index contributed by atoms with van der Waals surface area (Å²) in [6.07, 6.45) is 0. The first kappa shape index (κ1) is 14.8. The first-order valence-electron chi connectivity index (χ1n) is 7.81. The Kier molecular flexibility index (Phi) is 3.54. The number of benzene rings is 2. The lowest BCUT2D eigenvalue weighted by Gasteiger charge is -2.45. The molecule has 2 N–H and O–H groups in total. The van der Waals surface area contributed by atoms with Gasteiger partial charge in [0, 0.05) is 11.8 Å². The molecule has 0 radical (unpaired) electrons. The molecule has 2 aromatic carbocycles. The third kappa shape index (κ3) is 2.27. The third-order valence-electron chi connectivity index (χ3n) is 4.40. The minimum absolute atomic E-state index is 0.104. The molecule has 2 aromatic rings. The maximum atomic E-state index is 12.3. The Bertz CT molecular complexity index is 775. The van der Waals surface area contributed by atoms with Crippen LogP contribution in [0.2, 0.25) is 0 Å². The van der Waals surface area contributed by atoms with Gasteiger partial charge in [0.05, 0.1) is 13.2 Å². The van der Waals surface area contributed by atoms with Crippen LogP contribution in [-0.2, 0) is 4.79 Å². The van der Waals surface area contributed by atoms with Crippen molar-refractivity contribution < 1.29 is 19.0 Å². The average molecular weight is 326 g/mol. The average Bonchev–Trinajstić information content (AvgIpc) is 2.65. The highest BCUT2D eigenvalue weighted by atomic mass is 16.6. The van der Waals surface area contributed by atoms with Gasteiger partial charge in [0.1, 0.15) is 25.0 Å². The fourth-order valence-corrected chi connectivity index (χ4v) is 3.14. The van der Waals surface area contributed by atoms with Crippen molar-refractivity contribution in [3.63, 3.8) is 0 Å². The van der Waals surface area contributed by atoms with Crippen molar-refractivity contribution >= 4 is 11.6 Å². The van der Waals surface area contributed by atoms with E-state index < -0.39 is 6.04 Å². The Balaban J connectivity index is 1.66. The van der Waals surface area contributed by atoms with Crippen LogP contribution >= 0.6 is 0 Å².